The van der Waals surface area contributed by atoms with Gasteiger partial charge in [-0.25, -0.2) is 0 Å². The van der Waals surface area contributed by atoms with Crippen molar-refractivity contribution in [2.45, 2.75) is 51.6 Å². The highest BCUT2D eigenvalue weighted by Crippen LogP contribution is 2.42. The molecule has 0 saturated heterocycles. The number of hydrogen-bond acceptors (Lipinski definition) is 3. The molecular weight excluding hydrogens is 453 g/mol. The molecule has 1 N–H and O–H groups in total. The zero-order chi connectivity index (χ0) is 22.1. The first kappa shape index (κ1) is 22.4. The first-order valence-corrected chi connectivity index (χ1v) is 11.9. The summed E-state index contributed by atoms with van der Waals surface area (Å²) in [6.45, 7) is 4.28. The molecule has 4 rings (SSSR count). The van der Waals surface area contributed by atoms with Gasteiger partial charge >= 0.3 is 0 Å². The van der Waals surface area contributed by atoms with E-state index in [0.717, 1.165) is 24.8 Å². The Balaban J connectivity index is 1.67. The van der Waals surface area contributed by atoms with Crippen LogP contribution in [0.3, 0.4) is 0 Å². The predicted molar refractivity (Wildman–Crippen MR) is 129 cm³/mol. The van der Waals surface area contributed by atoms with Crippen molar-refractivity contribution in [2.75, 3.05) is 5.01 Å². The molecule has 1 heterocycles. The van der Waals surface area contributed by atoms with Gasteiger partial charge in [0.1, 0.15) is 5.71 Å². The molecule has 0 bridgehead atoms. The van der Waals surface area contributed by atoms with Crippen LogP contribution in [0.4, 0.5) is 5.69 Å². The molecule has 0 aromatic heterocycles. The van der Waals surface area contributed by atoms with Gasteiger partial charge in [-0.1, -0.05) is 73.6 Å². The molecule has 2 aromatic rings. The Labute approximate surface area is 198 Å². The molecule has 2 aliphatic rings. The number of halogens is 3. The zero-order valence-corrected chi connectivity index (χ0v) is 19.9. The maximum absolute atomic E-state index is 13.2. The second-order valence-electron chi connectivity index (χ2n) is 8.65. The number of hydrazone groups is 1. The highest BCUT2D eigenvalue weighted by molar-refractivity contribution is 6.41. The Morgan fingerprint density at radius 2 is 1.74 bits per heavy atom. The molecule has 1 saturated carbocycles. The monoisotopic (exact) mass is 477 g/mol. The zero-order valence-electron chi connectivity index (χ0n) is 17.6. The average Bonchev–Trinajstić information content (AvgIpc) is 3.06. The summed E-state index contributed by atoms with van der Waals surface area (Å²) in [6, 6.07) is 13.0. The summed E-state index contributed by atoms with van der Waals surface area (Å²) in [7, 11) is 0. The number of carbonyl (C=O) groups excluding carboxylic acids is 1. The van der Waals surface area contributed by atoms with E-state index in [9.17, 15) is 4.79 Å². The van der Waals surface area contributed by atoms with Crippen LogP contribution in [0, 0.1) is 11.8 Å². The SMILES string of the molecule is CC1CCCC(NC(=O)C2=NN(c3ccc(Cl)cc3Cl)[C@H](c3ccc(Cl)cc3)[C@@H]2C)C1. The molecule has 2 unspecified atom stereocenters. The van der Waals surface area contributed by atoms with E-state index in [-0.39, 0.29) is 23.9 Å². The summed E-state index contributed by atoms with van der Waals surface area (Å²) in [5.41, 5.74) is 2.25. The highest BCUT2D eigenvalue weighted by atomic mass is 35.5. The van der Waals surface area contributed by atoms with Crippen LogP contribution in [0.1, 0.15) is 51.1 Å². The summed E-state index contributed by atoms with van der Waals surface area (Å²) < 4.78 is 0. The van der Waals surface area contributed by atoms with E-state index >= 15 is 0 Å². The molecule has 1 amide bonds. The van der Waals surface area contributed by atoms with Gasteiger partial charge in [-0.15, -0.1) is 0 Å². The van der Waals surface area contributed by atoms with Gasteiger partial charge in [0.25, 0.3) is 5.91 Å². The first-order valence-electron chi connectivity index (χ1n) is 10.7. The Morgan fingerprint density at radius 1 is 1.03 bits per heavy atom. The van der Waals surface area contributed by atoms with Gasteiger partial charge in [0, 0.05) is 22.0 Å². The predicted octanol–water partition coefficient (Wildman–Crippen LogP) is 6.90. The number of nitrogens with one attached hydrogen (secondary N) is 1. The molecule has 1 aliphatic carbocycles. The highest BCUT2D eigenvalue weighted by Gasteiger charge is 2.40. The van der Waals surface area contributed by atoms with Crippen LogP contribution in [-0.4, -0.2) is 17.7 Å². The standard InChI is InChI=1S/C24H26Cl3N3O/c1-14-4-3-5-19(12-14)28-24(31)22-15(2)23(16-6-8-17(25)9-7-16)30(29-22)21-11-10-18(26)13-20(21)27/h6-11,13-15,19,23H,3-5,12H2,1-2H3,(H,28,31)/t14?,15-,19?,23+/m1/s1. The minimum atomic E-state index is -0.179. The van der Waals surface area contributed by atoms with Gasteiger partial charge in [-0.05, 0) is 54.7 Å². The number of benzene rings is 2. The van der Waals surface area contributed by atoms with Crippen LogP contribution in [-0.2, 0) is 4.79 Å². The third-order valence-corrected chi connectivity index (χ3v) is 7.05. The van der Waals surface area contributed by atoms with Crippen LogP contribution in [0.5, 0.6) is 0 Å². The molecule has 1 fully saturated rings. The fourth-order valence-electron chi connectivity index (χ4n) is 4.67. The Bertz CT molecular complexity index is 992. The van der Waals surface area contributed by atoms with Crippen molar-refractivity contribution in [3.63, 3.8) is 0 Å². The van der Waals surface area contributed by atoms with Crippen molar-refractivity contribution in [3.05, 3.63) is 63.1 Å². The Hall–Kier alpha value is -1.75. The Morgan fingerprint density at radius 3 is 2.42 bits per heavy atom. The van der Waals surface area contributed by atoms with E-state index in [1.807, 2.05) is 42.3 Å². The van der Waals surface area contributed by atoms with Crippen LogP contribution in [0.2, 0.25) is 15.1 Å². The van der Waals surface area contributed by atoms with Crippen molar-refractivity contribution >= 4 is 52.1 Å². The van der Waals surface area contributed by atoms with E-state index in [1.165, 1.54) is 6.42 Å². The number of hydrogen-bond donors (Lipinski definition) is 1. The van der Waals surface area contributed by atoms with Crippen LogP contribution >= 0.6 is 34.8 Å². The van der Waals surface area contributed by atoms with Gasteiger partial charge in [0.15, 0.2) is 0 Å². The normalized spacial score (nSPS) is 26.0. The molecular formula is C24H26Cl3N3O. The maximum Gasteiger partial charge on any atom is 0.268 e. The molecule has 7 heteroatoms. The van der Waals surface area contributed by atoms with E-state index in [0.29, 0.717) is 32.4 Å². The number of carbonyl (C=O) groups is 1. The number of amides is 1. The lowest BCUT2D eigenvalue weighted by Gasteiger charge is -2.28. The molecule has 2 aromatic carbocycles. The van der Waals surface area contributed by atoms with Crippen LogP contribution in [0.15, 0.2) is 47.6 Å². The largest absolute Gasteiger partial charge is 0.348 e. The van der Waals surface area contributed by atoms with Crippen molar-refractivity contribution in [1.29, 1.82) is 0 Å². The summed E-state index contributed by atoms with van der Waals surface area (Å²) in [6.07, 6.45) is 4.41. The summed E-state index contributed by atoms with van der Waals surface area (Å²) in [5, 5.41) is 11.5. The van der Waals surface area contributed by atoms with Crippen molar-refractivity contribution < 1.29 is 4.79 Å². The second kappa shape index (κ2) is 9.40. The summed E-state index contributed by atoms with van der Waals surface area (Å²) in [5.74, 6) is 0.403. The van der Waals surface area contributed by atoms with Gasteiger partial charge in [0.2, 0.25) is 0 Å². The van der Waals surface area contributed by atoms with E-state index in [1.54, 1.807) is 12.1 Å². The van der Waals surface area contributed by atoms with Crippen molar-refractivity contribution in [3.8, 4) is 0 Å². The average molecular weight is 479 g/mol. The molecule has 164 valence electrons. The van der Waals surface area contributed by atoms with Gasteiger partial charge in [-0.2, -0.15) is 5.10 Å². The number of rotatable bonds is 4. The lowest BCUT2D eigenvalue weighted by molar-refractivity contribution is -0.116. The molecule has 0 radical (unpaired) electrons. The van der Waals surface area contributed by atoms with Gasteiger partial charge in [-0.3, -0.25) is 9.80 Å². The van der Waals surface area contributed by atoms with Crippen LogP contribution < -0.4 is 10.3 Å². The maximum atomic E-state index is 13.2. The van der Waals surface area contributed by atoms with Crippen molar-refractivity contribution in [1.82, 2.24) is 5.32 Å². The lowest BCUT2D eigenvalue weighted by atomic mass is 9.86. The third kappa shape index (κ3) is 4.87. The number of nitrogens with zero attached hydrogens (tertiary/aromatic N) is 2. The summed E-state index contributed by atoms with van der Waals surface area (Å²) >= 11 is 18.7. The van der Waals surface area contributed by atoms with E-state index in [2.05, 4.69) is 12.2 Å². The minimum Gasteiger partial charge on any atom is -0.348 e. The van der Waals surface area contributed by atoms with Crippen LogP contribution in [0.25, 0.3) is 0 Å². The van der Waals surface area contributed by atoms with Gasteiger partial charge < -0.3 is 5.32 Å². The third-order valence-electron chi connectivity index (χ3n) is 6.26. The molecule has 4 nitrogen and oxygen atoms in total. The number of anilines is 1. The molecule has 4 atom stereocenters. The quantitative estimate of drug-likeness (QED) is 0.519. The second-order valence-corrected chi connectivity index (χ2v) is 9.93. The summed E-state index contributed by atoms with van der Waals surface area (Å²) in [4.78, 5) is 13.2. The Kier molecular flexibility index (Phi) is 6.80. The van der Waals surface area contributed by atoms with Crippen molar-refractivity contribution in [2.24, 2.45) is 16.9 Å². The topological polar surface area (TPSA) is 44.7 Å². The molecule has 0 spiro atoms. The van der Waals surface area contributed by atoms with E-state index < -0.39 is 0 Å². The fourth-order valence-corrected chi connectivity index (χ4v) is 5.29. The van der Waals surface area contributed by atoms with E-state index in [4.69, 9.17) is 39.9 Å². The molecule has 1 aliphatic heterocycles. The smallest absolute Gasteiger partial charge is 0.268 e. The molecule has 31 heavy (non-hydrogen) atoms. The lowest BCUT2D eigenvalue weighted by Crippen LogP contribution is -2.43. The fraction of sp³-hybridized carbons (Fsp3) is 0.417. The minimum absolute atomic E-state index is 0.0989. The first-order chi connectivity index (χ1) is 14.8. The van der Waals surface area contributed by atoms with Gasteiger partial charge in [0.05, 0.1) is 16.8 Å².